The molecular weight excluding hydrogens is 436 g/mol. The first-order valence-corrected chi connectivity index (χ1v) is 12.7. The number of hydrogen-bond donors (Lipinski definition) is 0. The molecule has 2 saturated heterocycles. The van der Waals surface area contributed by atoms with Crippen molar-refractivity contribution in [1.29, 1.82) is 0 Å². The summed E-state index contributed by atoms with van der Waals surface area (Å²) in [5, 5.41) is 0.567. The molecule has 1 unspecified atom stereocenters. The lowest BCUT2D eigenvalue weighted by Gasteiger charge is -2.36. The molecule has 1 amide bonds. The SMILES string of the molecule is CCCCOc1ccc2c(c1)CCN(c1ccc(OC3C[C@H]4CC[C@@H](C3)N4C)c(Cl)c1)C2=O. The maximum absolute atomic E-state index is 13.2. The molecule has 2 aromatic rings. The molecule has 0 N–H and O–H groups in total. The normalized spacial score (nSPS) is 24.6. The summed E-state index contributed by atoms with van der Waals surface area (Å²) in [5.41, 5.74) is 2.60. The van der Waals surface area contributed by atoms with Crippen LogP contribution in [0.5, 0.6) is 11.5 Å². The topological polar surface area (TPSA) is 42.0 Å². The number of carbonyl (C=O) groups is 1. The van der Waals surface area contributed by atoms with Crippen LogP contribution in [0.25, 0.3) is 0 Å². The fraction of sp³-hybridized carbons (Fsp3) is 0.519. The third kappa shape index (κ3) is 4.58. The van der Waals surface area contributed by atoms with E-state index in [4.69, 9.17) is 21.1 Å². The molecule has 33 heavy (non-hydrogen) atoms. The molecule has 0 aromatic heterocycles. The lowest BCUT2D eigenvalue weighted by molar-refractivity contribution is 0.0662. The molecule has 3 heterocycles. The van der Waals surface area contributed by atoms with E-state index >= 15 is 0 Å². The molecule has 3 atom stereocenters. The highest BCUT2D eigenvalue weighted by molar-refractivity contribution is 6.32. The molecule has 5 nitrogen and oxygen atoms in total. The number of fused-ring (bicyclic) bond motifs is 3. The Kier molecular flexibility index (Phi) is 6.53. The summed E-state index contributed by atoms with van der Waals surface area (Å²) in [6.45, 7) is 3.48. The van der Waals surface area contributed by atoms with Gasteiger partial charge in [0.05, 0.1) is 11.6 Å². The lowest BCUT2D eigenvalue weighted by Crippen LogP contribution is -2.43. The third-order valence-corrected chi connectivity index (χ3v) is 7.79. The Balaban J connectivity index is 1.26. The van der Waals surface area contributed by atoms with Crippen LogP contribution in [0.2, 0.25) is 5.02 Å². The van der Waals surface area contributed by atoms with Gasteiger partial charge in [-0.05, 0) is 87.5 Å². The van der Waals surface area contributed by atoms with Crippen LogP contribution in [-0.2, 0) is 6.42 Å². The van der Waals surface area contributed by atoms with Gasteiger partial charge < -0.3 is 19.3 Å². The Morgan fingerprint density at radius 1 is 1.09 bits per heavy atom. The molecule has 3 aliphatic rings. The number of anilines is 1. The van der Waals surface area contributed by atoms with E-state index in [1.807, 2.05) is 41.3 Å². The number of rotatable bonds is 7. The Morgan fingerprint density at radius 2 is 1.88 bits per heavy atom. The highest BCUT2D eigenvalue weighted by atomic mass is 35.5. The van der Waals surface area contributed by atoms with E-state index in [0.717, 1.165) is 54.7 Å². The van der Waals surface area contributed by atoms with Crippen molar-refractivity contribution >= 4 is 23.2 Å². The molecule has 2 bridgehead atoms. The van der Waals surface area contributed by atoms with Gasteiger partial charge >= 0.3 is 0 Å². The van der Waals surface area contributed by atoms with Crippen molar-refractivity contribution in [2.75, 3.05) is 25.1 Å². The molecule has 0 aliphatic carbocycles. The first-order chi connectivity index (χ1) is 16.0. The molecular formula is C27H33ClN2O3. The summed E-state index contributed by atoms with van der Waals surface area (Å²) in [6.07, 6.45) is 7.76. The first kappa shape index (κ1) is 22.5. The van der Waals surface area contributed by atoms with Crippen LogP contribution in [-0.4, -0.2) is 49.2 Å². The van der Waals surface area contributed by atoms with Crippen LogP contribution in [0, 0.1) is 0 Å². The highest BCUT2D eigenvalue weighted by Gasteiger charge is 2.39. The second kappa shape index (κ2) is 9.55. The highest BCUT2D eigenvalue weighted by Crippen LogP contribution is 2.38. The predicted molar refractivity (Wildman–Crippen MR) is 132 cm³/mol. The number of amides is 1. The number of hydrogen-bond acceptors (Lipinski definition) is 4. The van der Waals surface area contributed by atoms with Gasteiger partial charge in [-0.25, -0.2) is 0 Å². The molecule has 176 valence electrons. The van der Waals surface area contributed by atoms with Gasteiger partial charge in [-0.3, -0.25) is 4.79 Å². The zero-order valence-electron chi connectivity index (χ0n) is 19.6. The lowest BCUT2D eigenvalue weighted by atomic mass is 9.98. The van der Waals surface area contributed by atoms with Crippen LogP contribution in [0.4, 0.5) is 5.69 Å². The largest absolute Gasteiger partial charge is 0.494 e. The molecule has 2 fully saturated rings. The van der Waals surface area contributed by atoms with Crippen LogP contribution >= 0.6 is 11.6 Å². The molecule has 5 rings (SSSR count). The number of carbonyl (C=O) groups excluding carboxylic acids is 1. The first-order valence-electron chi connectivity index (χ1n) is 12.3. The van der Waals surface area contributed by atoms with Crippen molar-refractivity contribution in [3.63, 3.8) is 0 Å². The van der Waals surface area contributed by atoms with Gasteiger partial charge in [-0.1, -0.05) is 24.9 Å². The molecule has 6 heteroatoms. The Labute approximate surface area is 201 Å². The van der Waals surface area contributed by atoms with E-state index in [9.17, 15) is 4.79 Å². The van der Waals surface area contributed by atoms with Crippen molar-refractivity contribution in [3.05, 3.63) is 52.5 Å². The fourth-order valence-electron chi connectivity index (χ4n) is 5.53. The number of piperidine rings is 1. The van der Waals surface area contributed by atoms with E-state index in [1.54, 1.807) is 0 Å². The van der Waals surface area contributed by atoms with Crippen molar-refractivity contribution in [2.45, 2.75) is 70.1 Å². The molecule has 0 saturated carbocycles. The van der Waals surface area contributed by atoms with Crippen LogP contribution in [0.15, 0.2) is 36.4 Å². The second-order valence-corrected chi connectivity index (χ2v) is 10.0. The van der Waals surface area contributed by atoms with E-state index in [-0.39, 0.29) is 12.0 Å². The van der Waals surface area contributed by atoms with Gasteiger partial charge in [0.25, 0.3) is 5.91 Å². The second-order valence-electron chi connectivity index (χ2n) is 9.60. The number of halogens is 1. The van der Waals surface area contributed by atoms with Crippen molar-refractivity contribution in [2.24, 2.45) is 0 Å². The van der Waals surface area contributed by atoms with Gasteiger partial charge in [-0.2, -0.15) is 0 Å². The maximum Gasteiger partial charge on any atom is 0.258 e. The number of benzene rings is 2. The van der Waals surface area contributed by atoms with Crippen LogP contribution < -0.4 is 14.4 Å². The van der Waals surface area contributed by atoms with E-state index in [2.05, 4.69) is 18.9 Å². The smallest absolute Gasteiger partial charge is 0.258 e. The van der Waals surface area contributed by atoms with Crippen molar-refractivity contribution < 1.29 is 14.3 Å². The summed E-state index contributed by atoms with van der Waals surface area (Å²) in [7, 11) is 2.23. The van der Waals surface area contributed by atoms with Crippen LogP contribution in [0.3, 0.4) is 0 Å². The molecule has 0 spiro atoms. The summed E-state index contributed by atoms with van der Waals surface area (Å²) in [6, 6.07) is 12.8. The molecule has 3 aliphatic heterocycles. The van der Waals surface area contributed by atoms with E-state index in [1.165, 1.54) is 12.8 Å². The van der Waals surface area contributed by atoms with Gasteiger partial charge in [0, 0.05) is 29.9 Å². The minimum atomic E-state index is 0.00739. The number of ether oxygens (including phenoxy) is 2. The van der Waals surface area contributed by atoms with E-state index in [0.29, 0.717) is 36.0 Å². The van der Waals surface area contributed by atoms with Gasteiger partial charge in [0.1, 0.15) is 17.6 Å². The minimum Gasteiger partial charge on any atom is -0.494 e. The Hall–Kier alpha value is -2.24. The van der Waals surface area contributed by atoms with Gasteiger partial charge in [0.2, 0.25) is 0 Å². The van der Waals surface area contributed by atoms with Crippen LogP contribution in [0.1, 0.15) is 61.4 Å². The summed E-state index contributed by atoms with van der Waals surface area (Å²) >= 11 is 6.62. The summed E-state index contributed by atoms with van der Waals surface area (Å²) in [4.78, 5) is 17.5. The van der Waals surface area contributed by atoms with Gasteiger partial charge in [0.15, 0.2) is 0 Å². The Morgan fingerprint density at radius 3 is 2.61 bits per heavy atom. The summed E-state index contributed by atoms with van der Waals surface area (Å²) < 4.78 is 12.1. The average Bonchev–Trinajstić information content (AvgIpc) is 3.01. The number of nitrogens with zero attached hydrogens (tertiary/aromatic N) is 2. The fourth-order valence-corrected chi connectivity index (χ4v) is 5.75. The van der Waals surface area contributed by atoms with Gasteiger partial charge in [-0.15, -0.1) is 0 Å². The monoisotopic (exact) mass is 468 g/mol. The zero-order chi connectivity index (χ0) is 22.9. The summed E-state index contributed by atoms with van der Waals surface area (Å²) in [5.74, 6) is 1.57. The zero-order valence-corrected chi connectivity index (χ0v) is 20.3. The van der Waals surface area contributed by atoms with Crippen molar-refractivity contribution in [1.82, 2.24) is 4.90 Å². The average molecular weight is 469 g/mol. The third-order valence-electron chi connectivity index (χ3n) is 7.50. The molecule has 2 aromatic carbocycles. The molecule has 0 radical (unpaired) electrons. The maximum atomic E-state index is 13.2. The quantitative estimate of drug-likeness (QED) is 0.487. The minimum absolute atomic E-state index is 0.00739. The standard InChI is InChI=1S/C27H33ClN2O3/c1-3-4-13-32-22-8-9-24-18(14-22)11-12-30(27(24)31)21-7-10-26(25(28)17-21)33-23-15-19-5-6-20(16-23)29(19)2/h7-10,14,17,19-20,23H,3-6,11-13,15-16H2,1-2H3/t19-,20+,23?. The number of unbranched alkanes of at least 4 members (excludes halogenated alkanes) is 1. The predicted octanol–water partition coefficient (Wildman–Crippen LogP) is 5.73. The Bertz CT molecular complexity index is 1010. The van der Waals surface area contributed by atoms with Crippen molar-refractivity contribution in [3.8, 4) is 11.5 Å². The van der Waals surface area contributed by atoms with E-state index < -0.39 is 0 Å².